The number of furan rings is 1. The van der Waals surface area contributed by atoms with Crippen LogP contribution in [0.3, 0.4) is 0 Å². The Morgan fingerprint density at radius 2 is 1.70 bits per heavy atom. The topological polar surface area (TPSA) is 33.4 Å². The minimum atomic E-state index is -0.608. The maximum Gasteiger partial charge on any atom is 0.134 e. The Bertz CT molecular complexity index is 687. The summed E-state index contributed by atoms with van der Waals surface area (Å²) in [5.41, 5.74) is 4.39. The zero-order valence-electron chi connectivity index (χ0n) is 11.8. The lowest BCUT2D eigenvalue weighted by molar-refractivity contribution is 0.152. The molecule has 2 nitrogen and oxygen atoms in total. The molecule has 102 valence electrons. The van der Waals surface area contributed by atoms with Gasteiger partial charge in [-0.2, -0.15) is 0 Å². The van der Waals surface area contributed by atoms with E-state index in [1.165, 1.54) is 11.1 Å². The Hall–Kier alpha value is -2.06. The summed E-state index contributed by atoms with van der Waals surface area (Å²) >= 11 is 0. The number of aryl methyl sites for hydroxylation is 2. The third kappa shape index (κ3) is 2.61. The van der Waals surface area contributed by atoms with E-state index >= 15 is 0 Å². The first-order valence-electron chi connectivity index (χ1n) is 6.85. The molecular weight excluding hydrogens is 248 g/mol. The fourth-order valence-electron chi connectivity index (χ4n) is 2.68. The van der Waals surface area contributed by atoms with Crippen molar-refractivity contribution in [1.29, 1.82) is 0 Å². The summed E-state index contributed by atoms with van der Waals surface area (Å²) in [6.07, 6.45) is -0.0360. The zero-order valence-corrected chi connectivity index (χ0v) is 11.8. The molecule has 0 saturated heterocycles. The van der Waals surface area contributed by atoms with Crippen molar-refractivity contribution in [3.05, 3.63) is 71.0 Å². The zero-order chi connectivity index (χ0) is 14.1. The molecule has 0 bridgehead atoms. The Labute approximate surface area is 118 Å². The molecule has 0 spiro atoms. The average Bonchev–Trinajstić information content (AvgIpc) is 2.81. The van der Waals surface area contributed by atoms with Crippen LogP contribution in [-0.4, -0.2) is 5.11 Å². The van der Waals surface area contributed by atoms with E-state index in [-0.39, 0.29) is 0 Å². The summed E-state index contributed by atoms with van der Waals surface area (Å²) in [5, 5.41) is 11.4. The minimum absolute atomic E-state index is 0.572. The summed E-state index contributed by atoms with van der Waals surface area (Å²) in [6, 6.07) is 16.1. The largest absolute Gasteiger partial charge is 0.458 e. The molecule has 0 aliphatic carbocycles. The van der Waals surface area contributed by atoms with Crippen LogP contribution in [0.5, 0.6) is 0 Å². The second-order valence-electron chi connectivity index (χ2n) is 5.40. The van der Waals surface area contributed by atoms with Crippen molar-refractivity contribution in [2.45, 2.75) is 26.4 Å². The van der Waals surface area contributed by atoms with Gasteiger partial charge in [0, 0.05) is 11.8 Å². The normalized spacial score (nSPS) is 12.8. The minimum Gasteiger partial charge on any atom is -0.458 e. The van der Waals surface area contributed by atoms with E-state index in [1.54, 1.807) is 0 Å². The Morgan fingerprint density at radius 3 is 2.40 bits per heavy atom. The van der Waals surface area contributed by atoms with Gasteiger partial charge in [0.15, 0.2) is 0 Å². The molecule has 2 aromatic carbocycles. The quantitative estimate of drug-likeness (QED) is 0.765. The Morgan fingerprint density at radius 1 is 1.00 bits per heavy atom. The molecule has 2 heteroatoms. The smallest absolute Gasteiger partial charge is 0.134 e. The van der Waals surface area contributed by atoms with Crippen LogP contribution in [-0.2, 0) is 6.42 Å². The fraction of sp³-hybridized carbons (Fsp3) is 0.222. The van der Waals surface area contributed by atoms with Gasteiger partial charge in [0.1, 0.15) is 17.4 Å². The molecule has 0 saturated carbocycles. The molecule has 0 fully saturated rings. The molecule has 0 radical (unpaired) electrons. The predicted molar refractivity (Wildman–Crippen MR) is 80.8 cm³/mol. The van der Waals surface area contributed by atoms with E-state index in [4.69, 9.17) is 4.42 Å². The summed E-state index contributed by atoms with van der Waals surface area (Å²) in [6.45, 7) is 4.15. The molecule has 0 aliphatic rings. The fourth-order valence-corrected chi connectivity index (χ4v) is 2.68. The standard InChI is InChI=1S/C18H18O2/c1-12-7-13(2)9-14(8-12)10-16(19)18-11-15-5-3-4-6-17(15)20-18/h3-9,11,16,19H,10H2,1-2H3. The van der Waals surface area contributed by atoms with Gasteiger partial charge in [0.25, 0.3) is 0 Å². The van der Waals surface area contributed by atoms with Gasteiger partial charge in [-0.15, -0.1) is 0 Å². The highest BCUT2D eigenvalue weighted by Crippen LogP contribution is 2.26. The first-order chi connectivity index (χ1) is 9.61. The molecule has 1 atom stereocenters. The Kier molecular flexibility index (Phi) is 3.33. The van der Waals surface area contributed by atoms with Crippen molar-refractivity contribution >= 4 is 11.0 Å². The number of hydrogen-bond donors (Lipinski definition) is 1. The van der Waals surface area contributed by atoms with Crippen molar-refractivity contribution in [3.63, 3.8) is 0 Å². The molecule has 1 unspecified atom stereocenters. The van der Waals surface area contributed by atoms with E-state index in [2.05, 4.69) is 32.0 Å². The number of benzene rings is 2. The third-order valence-corrected chi connectivity index (χ3v) is 3.48. The number of hydrogen-bond acceptors (Lipinski definition) is 2. The maximum absolute atomic E-state index is 10.4. The lowest BCUT2D eigenvalue weighted by atomic mass is 10.0. The SMILES string of the molecule is Cc1cc(C)cc(CC(O)c2cc3ccccc3o2)c1. The third-order valence-electron chi connectivity index (χ3n) is 3.48. The van der Waals surface area contributed by atoms with E-state index in [1.807, 2.05) is 30.3 Å². The van der Waals surface area contributed by atoms with Crippen molar-refractivity contribution < 1.29 is 9.52 Å². The highest BCUT2D eigenvalue weighted by atomic mass is 16.4. The van der Waals surface area contributed by atoms with Crippen LogP contribution in [0.25, 0.3) is 11.0 Å². The predicted octanol–water partition coefficient (Wildman–Crippen LogP) is 4.33. The molecule has 3 aromatic rings. The average molecular weight is 266 g/mol. The van der Waals surface area contributed by atoms with Crippen molar-refractivity contribution in [2.75, 3.05) is 0 Å². The Balaban J connectivity index is 1.86. The van der Waals surface area contributed by atoms with Crippen LogP contribution in [0.4, 0.5) is 0 Å². The van der Waals surface area contributed by atoms with Gasteiger partial charge >= 0.3 is 0 Å². The molecule has 1 N–H and O–H groups in total. The number of aliphatic hydroxyl groups excluding tert-OH is 1. The number of fused-ring (bicyclic) bond motifs is 1. The van der Waals surface area contributed by atoms with Gasteiger partial charge in [-0.25, -0.2) is 0 Å². The van der Waals surface area contributed by atoms with E-state index < -0.39 is 6.10 Å². The van der Waals surface area contributed by atoms with Crippen molar-refractivity contribution in [1.82, 2.24) is 0 Å². The lowest BCUT2D eigenvalue weighted by Gasteiger charge is -2.09. The van der Waals surface area contributed by atoms with Crippen LogP contribution >= 0.6 is 0 Å². The molecule has 1 aromatic heterocycles. The van der Waals surface area contributed by atoms with E-state index in [0.717, 1.165) is 16.5 Å². The first kappa shape index (κ1) is 12.9. The molecule has 3 rings (SSSR count). The van der Waals surface area contributed by atoms with Gasteiger partial charge in [-0.3, -0.25) is 0 Å². The van der Waals surface area contributed by atoms with Crippen LogP contribution in [0.15, 0.2) is 52.9 Å². The second kappa shape index (κ2) is 5.14. The van der Waals surface area contributed by atoms with E-state index in [0.29, 0.717) is 12.2 Å². The van der Waals surface area contributed by atoms with Gasteiger partial charge in [-0.1, -0.05) is 47.5 Å². The molecular formula is C18H18O2. The lowest BCUT2D eigenvalue weighted by Crippen LogP contribution is -2.01. The molecule has 0 aliphatic heterocycles. The number of para-hydroxylation sites is 1. The molecule has 20 heavy (non-hydrogen) atoms. The number of aliphatic hydroxyl groups is 1. The van der Waals surface area contributed by atoms with Crippen LogP contribution in [0.2, 0.25) is 0 Å². The van der Waals surface area contributed by atoms with Crippen molar-refractivity contribution in [2.24, 2.45) is 0 Å². The second-order valence-corrected chi connectivity index (χ2v) is 5.40. The summed E-state index contributed by atoms with van der Waals surface area (Å²) in [7, 11) is 0. The molecule has 0 amide bonds. The van der Waals surface area contributed by atoms with Crippen molar-refractivity contribution in [3.8, 4) is 0 Å². The maximum atomic E-state index is 10.4. The summed E-state index contributed by atoms with van der Waals surface area (Å²) in [4.78, 5) is 0. The summed E-state index contributed by atoms with van der Waals surface area (Å²) in [5.74, 6) is 0.630. The molecule has 1 heterocycles. The monoisotopic (exact) mass is 266 g/mol. The number of rotatable bonds is 3. The van der Waals surface area contributed by atoms with Crippen LogP contribution < -0.4 is 0 Å². The van der Waals surface area contributed by atoms with Gasteiger partial charge in [-0.05, 0) is 31.5 Å². The highest BCUT2D eigenvalue weighted by Gasteiger charge is 2.14. The van der Waals surface area contributed by atoms with Gasteiger partial charge in [0.05, 0.1) is 0 Å². The van der Waals surface area contributed by atoms with Crippen LogP contribution in [0, 0.1) is 13.8 Å². The van der Waals surface area contributed by atoms with Crippen LogP contribution in [0.1, 0.15) is 28.6 Å². The highest BCUT2D eigenvalue weighted by molar-refractivity contribution is 5.77. The van der Waals surface area contributed by atoms with Gasteiger partial charge < -0.3 is 9.52 Å². The first-order valence-corrected chi connectivity index (χ1v) is 6.85. The summed E-state index contributed by atoms with van der Waals surface area (Å²) < 4.78 is 5.71. The van der Waals surface area contributed by atoms with Gasteiger partial charge in [0.2, 0.25) is 0 Å². The van der Waals surface area contributed by atoms with E-state index in [9.17, 15) is 5.11 Å².